The van der Waals surface area contributed by atoms with Gasteiger partial charge < -0.3 is 14.8 Å². The van der Waals surface area contributed by atoms with E-state index in [0.29, 0.717) is 37.1 Å². The number of nitrogens with zero attached hydrogens (tertiary/aromatic N) is 4. The number of hydrogen-bond acceptors (Lipinski definition) is 6. The number of piperazine rings is 1. The van der Waals surface area contributed by atoms with Crippen LogP contribution in [0.25, 0.3) is 11.0 Å². The van der Waals surface area contributed by atoms with E-state index in [-0.39, 0.29) is 11.5 Å². The van der Waals surface area contributed by atoms with Crippen LogP contribution >= 0.6 is 11.3 Å². The number of nitrogens with one attached hydrogen (secondary N) is 1. The van der Waals surface area contributed by atoms with Gasteiger partial charge in [0.1, 0.15) is 5.69 Å². The second-order valence-corrected chi connectivity index (χ2v) is 7.09. The van der Waals surface area contributed by atoms with Crippen molar-refractivity contribution in [3.05, 3.63) is 51.9 Å². The van der Waals surface area contributed by atoms with Crippen molar-refractivity contribution in [1.29, 1.82) is 0 Å². The number of rotatable bonds is 4. The molecule has 1 saturated heterocycles. The average molecular weight is 369 g/mol. The van der Waals surface area contributed by atoms with E-state index >= 15 is 0 Å². The fourth-order valence-corrected chi connectivity index (χ4v) is 3.84. The van der Waals surface area contributed by atoms with Crippen LogP contribution in [0, 0.1) is 0 Å². The molecule has 1 N–H and O–H groups in total. The van der Waals surface area contributed by atoms with E-state index in [0.717, 1.165) is 23.7 Å². The number of thiazole rings is 1. The summed E-state index contributed by atoms with van der Waals surface area (Å²) in [4.78, 5) is 40.2. The minimum absolute atomic E-state index is 0.0677. The van der Waals surface area contributed by atoms with Crippen LogP contribution in [0.15, 0.2) is 40.6 Å². The van der Waals surface area contributed by atoms with E-state index in [1.807, 2.05) is 34.5 Å². The maximum absolute atomic E-state index is 12.5. The summed E-state index contributed by atoms with van der Waals surface area (Å²) < 4.78 is 0. The Labute approximate surface area is 154 Å². The van der Waals surface area contributed by atoms with Crippen molar-refractivity contribution in [3.8, 4) is 0 Å². The van der Waals surface area contributed by atoms with E-state index in [1.165, 1.54) is 0 Å². The van der Waals surface area contributed by atoms with Gasteiger partial charge in [-0.1, -0.05) is 12.1 Å². The third-order valence-electron chi connectivity index (χ3n) is 4.57. The van der Waals surface area contributed by atoms with Crippen LogP contribution in [-0.4, -0.2) is 51.9 Å². The van der Waals surface area contributed by atoms with Crippen LogP contribution in [0.4, 0.5) is 5.13 Å². The zero-order valence-corrected chi connectivity index (χ0v) is 15.0. The van der Waals surface area contributed by atoms with Gasteiger partial charge in [-0.05, 0) is 12.1 Å². The van der Waals surface area contributed by atoms with Crippen molar-refractivity contribution in [2.24, 2.45) is 0 Å². The number of carbonyl (C=O) groups excluding carboxylic acids is 1. The Hall–Kier alpha value is -2.74. The van der Waals surface area contributed by atoms with Gasteiger partial charge in [0, 0.05) is 50.6 Å². The lowest BCUT2D eigenvalue weighted by Crippen LogP contribution is -2.48. The standard InChI is InChI=1S/C18H19N5O2S/c24-16(22-8-10-23(11-9-22)18-19-7-12-26-18)6-5-15-17(25)21-14-4-2-1-3-13(14)20-15/h1-4,7,12H,5-6,8-11H2,(H,21,25). The van der Waals surface area contributed by atoms with Crippen molar-refractivity contribution in [2.45, 2.75) is 12.8 Å². The lowest BCUT2D eigenvalue weighted by atomic mass is 10.2. The average Bonchev–Trinajstić information content (AvgIpc) is 3.21. The third-order valence-corrected chi connectivity index (χ3v) is 5.40. The highest BCUT2D eigenvalue weighted by molar-refractivity contribution is 7.13. The number of benzene rings is 1. The molecule has 1 aliphatic rings. The van der Waals surface area contributed by atoms with Gasteiger partial charge in [-0.2, -0.15) is 0 Å². The minimum atomic E-state index is -0.218. The van der Waals surface area contributed by atoms with Crippen molar-refractivity contribution in [2.75, 3.05) is 31.1 Å². The SMILES string of the molecule is O=C(CCc1nc2ccccc2[nH]c1=O)N1CCN(c2nccs2)CC1. The maximum atomic E-state index is 12.5. The summed E-state index contributed by atoms with van der Waals surface area (Å²) in [7, 11) is 0. The Morgan fingerprint density at radius 1 is 1.19 bits per heavy atom. The first kappa shape index (κ1) is 16.7. The quantitative estimate of drug-likeness (QED) is 0.756. The second kappa shape index (κ2) is 7.25. The van der Waals surface area contributed by atoms with Crippen LogP contribution in [0.3, 0.4) is 0 Å². The lowest BCUT2D eigenvalue weighted by Gasteiger charge is -2.34. The fraction of sp³-hybridized carbons (Fsp3) is 0.333. The van der Waals surface area contributed by atoms with Crippen molar-refractivity contribution in [1.82, 2.24) is 19.9 Å². The van der Waals surface area contributed by atoms with Gasteiger partial charge in [0.15, 0.2) is 5.13 Å². The smallest absolute Gasteiger partial charge is 0.270 e. The summed E-state index contributed by atoms with van der Waals surface area (Å²) in [6, 6.07) is 7.41. The zero-order chi connectivity index (χ0) is 17.9. The number of carbonyl (C=O) groups is 1. The van der Waals surface area contributed by atoms with Crippen molar-refractivity contribution in [3.63, 3.8) is 0 Å². The molecule has 7 nitrogen and oxygen atoms in total. The number of anilines is 1. The summed E-state index contributed by atoms with van der Waals surface area (Å²) in [5.41, 5.74) is 1.65. The first-order valence-corrected chi connectivity index (χ1v) is 9.49. The Balaban J connectivity index is 1.36. The molecule has 3 aromatic rings. The Morgan fingerprint density at radius 2 is 2.00 bits per heavy atom. The molecular weight excluding hydrogens is 350 g/mol. The highest BCUT2D eigenvalue weighted by atomic mass is 32.1. The van der Waals surface area contributed by atoms with Crippen LogP contribution in [0.5, 0.6) is 0 Å². The Morgan fingerprint density at radius 3 is 2.77 bits per heavy atom. The second-order valence-electron chi connectivity index (χ2n) is 6.21. The largest absolute Gasteiger partial charge is 0.345 e. The van der Waals surface area contributed by atoms with E-state index in [1.54, 1.807) is 17.5 Å². The molecule has 4 rings (SSSR count). The number of hydrogen-bond donors (Lipinski definition) is 1. The number of H-pyrrole nitrogens is 1. The summed E-state index contributed by atoms with van der Waals surface area (Å²) in [5, 5.41) is 2.96. The highest BCUT2D eigenvalue weighted by Crippen LogP contribution is 2.19. The Bertz CT molecular complexity index is 961. The van der Waals surface area contributed by atoms with E-state index in [4.69, 9.17) is 0 Å². The number of aromatic nitrogens is 3. The molecule has 2 aromatic heterocycles. The summed E-state index contributed by atoms with van der Waals surface area (Å²) in [6.45, 7) is 2.93. The molecule has 8 heteroatoms. The molecule has 0 unspecified atom stereocenters. The summed E-state index contributed by atoms with van der Waals surface area (Å²) >= 11 is 1.61. The molecule has 1 aliphatic heterocycles. The predicted octanol–water partition coefficient (Wildman–Crippen LogP) is 1.66. The third kappa shape index (κ3) is 3.45. The first-order chi connectivity index (χ1) is 12.7. The lowest BCUT2D eigenvalue weighted by molar-refractivity contribution is -0.131. The van der Waals surface area contributed by atoms with Crippen LogP contribution in [0.1, 0.15) is 12.1 Å². The normalized spacial score (nSPS) is 14.8. The van der Waals surface area contributed by atoms with E-state index in [9.17, 15) is 9.59 Å². The van der Waals surface area contributed by atoms with Gasteiger partial charge in [-0.15, -0.1) is 11.3 Å². The van der Waals surface area contributed by atoms with Gasteiger partial charge in [0.25, 0.3) is 5.56 Å². The zero-order valence-electron chi connectivity index (χ0n) is 14.2. The maximum Gasteiger partial charge on any atom is 0.270 e. The van der Waals surface area contributed by atoms with Gasteiger partial charge in [0.05, 0.1) is 11.0 Å². The number of para-hydroxylation sites is 2. The molecule has 0 saturated carbocycles. The van der Waals surface area contributed by atoms with Gasteiger partial charge in [-0.3, -0.25) is 9.59 Å². The molecule has 26 heavy (non-hydrogen) atoms. The minimum Gasteiger partial charge on any atom is -0.345 e. The Kier molecular flexibility index (Phi) is 4.66. The first-order valence-electron chi connectivity index (χ1n) is 8.61. The molecule has 0 spiro atoms. The van der Waals surface area contributed by atoms with Gasteiger partial charge in [0.2, 0.25) is 5.91 Å². The van der Waals surface area contributed by atoms with Crippen LogP contribution < -0.4 is 10.5 Å². The van der Waals surface area contributed by atoms with E-state index < -0.39 is 0 Å². The fourth-order valence-electron chi connectivity index (χ4n) is 3.14. The molecule has 0 bridgehead atoms. The molecule has 0 radical (unpaired) electrons. The summed E-state index contributed by atoms with van der Waals surface area (Å²) in [6.07, 6.45) is 2.45. The number of aryl methyl sites for hydroxylation is 1. The molecule has 0 atom stereocenters. The van der Waals surface area contributed by atoms with Crippen molar-refractivity contribution >= 4 is 33.4 Å². The molecule has 1 amide bonds. The van der Waals surface area contributed by atoms with Crippen molar-refractivity contribution < 1.29 is 4.79 Å². The van der Waals surface area contributed by atoms with Gasteiger partial charge >= 0.3 is 0 Å². The van der Waals surface area contributed by atoms with E-state index in [2.05, 4.69) is 19.9 Å². The molecule has 3 heterocycles. The van der Waals surface area contributed by atoms with Crippen LogP contribution in [0.2, 0.25) is 0 Å². The molecule has 0 aliphatic carbocycles. The number of aromatic amines is 1. The molecule has 1 aromatic carbocycles. The monoisotopic (exact) mass is 369 g/mol. The van der Waals surface area contributed by atoms with Gasteiger partial charge in [-0.25, -0.2) is 9.97 Å². The summed E-state index contributed by atoms with van der Waals surface area (Å²) in [5.74, 6) is 0.0677. The van der Waals surface area contributed by atoms with Crippen LogP contribution in [-0.2, 0) is 11.2 Å². The number of fused-ring (bicyclic) bond motifs is 1. The highest BCUT2D eigenvalue weighted by Gasteiger charge is 2.22. The number of amides is 1. The predicted molar refractivity (Wildman–Crippen MR) is 102 cm³/mol. The molecule has 1 fully saturated rings. The molecule has 134 valence electrons. The topological polar surface area (TPSA) is 82.2 Å². The molecular formula is C18H19N5O2S.